The van der Waals surface area contributed by atoms with Crippen LogP contribution in [0.15, 0.2) is 22.7 Å². The van der Waals surface area contributed by atoms with Crippen LogP contribution in [-0.4, -0.2) is 5.11 Å². The van der Waals surface area contributed by atoms with Crippen molar-refractivity contribution in [3.8, 4) is 0 Å². The molecular formula is C14H17BrO. The van der Waals surface area contributed by atoms with E-state index in [1.54, 1.807) is 0 Å². The molecule has 2 aliphatic rings. The van der Waals surface area contributed by atoms with E-state index in [0.29, 0.717) is 0 Å². The molecule has 0 heterocycles. The molecule has 86 valence electrons. The molecule has 0 atom stereocenters. The van der Waals surface area contributed by atoms with Crippen LogP contribution in [0.4, 0.5) is 0 Å². The Bertz CT molecular complexity index is 403. The Hall–Kier alpha value is -0.340. The van der Waals surface area contributed by atoms with Crippen LogP contribution in [-0.2, 0) is 5.60 Å². The van der Waals surface area contributed by atoms with Crippen LogP contribution < -0.4 is 0 Å². The van der Waals surface area contributed by atoms with Gasteiger partial charge < -0.3 is 5.11 Å². The van der Waals surface area contributed by atoms with Gasteiger partial charge in [0.15, 0.2) is 0 Å². The minimum absolute atomic E-state index is 0.503. The van der Waals surface area contributed by atoms with Gasteiger partial charge in [-0.3, -0.25) is 0 Å². The molecule has 1 N–H and O–H groups in total. The fourth-order valence-corrected chi connectivity index (χ4v) is 3.49. The molecule has 0 saturated heterocycles. The maximum atomic E-state index is 10.1. The van der Waals surface area contributed by atoms with Crippen molar-refractivity contribution in [3.63, 3.8) is 0 Å². The number of hydrogen-bond donors (Lipinski definition) is 1. The Labute approximate surface area is 105 Å². The molecule has 0 spiro atoms. The molecule has 0 amide bonds. The highest BCUT2D eigenvalue weighted by Gasteiger charge is 2.42. The van der Waals surface area contributed by atoms with Crippen molar-refractivity contribution in [2.75, 3.05) is 0 Å². The molecule has 16 heavy (non-hydrogen) atoms. The summed E-state index contributed by atoms with van der Waals surface area (Å²) in [6.45, 7) is 0. The zero-order valence-electron chi connectivity index (χ0n) is 9.38. The molecule has 2 heteroatoms. The first-order chi connectivity index (χ1) is 7.69. The van der Waals surface area contributed by atoms with Gasteiger partial charge in [-0.15, -0.1) is 0 Å². The van der Waals surface area contributed by atoms with Crippen molar-refractivity contribution in [2.45, 2.75) is 50.0 Å². The normalized spacial score (nSPS) is 23.6. The first kappa shape index (κ1) is 10.8. The topological polar surface area (TPSA) is 20.2 Å². The highest BCUT2D eigenvalue weighted by atomic mass is 79.9. The summed E-state index contributed by atoms with van der Waals surface area (Å²) in [5.41, 5.74) is 2.02. The summed E-state index contributed by atoms with van der Waals surface area (Å²) in [7, 11) is 0. The van der Waals surface area contributed by atoms with E-state index in [2.05, 4.69) is 34.1 Å². The van der Waals surface area contributed by atoms with Gasteiger partial charge in [-0.05, 0) is 48.8 Å². The Morgan fingerprint density at radius 1 is 1.19 bits per heavy atom. The fraction of sp³-hybridized carbons (Fsp3) is 0.571. The second kappa shape index (κ2) is 3.85. The fourth-order valence-electron chi connectivity index (χ4n) is 2.79. The minimum atomic E-state index is -0.503. The smallest absolute Gasteiger partial charge is 0.0899 e. The molecule has 0 aromatic heterocycles. The lowest BCUT2D eigenvalue weighted by molar-refractivity contribution is 0.151. The molecular weight excluding hydrogens is 264 g/mol. The Balaban J connectivity index is 1.90. The van der Waals surface area contributed by atoms with Gasteiger partial charge in [0.1, 0.15) is 0 Å². The van der Waals surface area contributed by atoms with Crippen molar-refractivity contribution >= 4 is 15.9 Å². The largest absolute Gasteiger partial charge is 0.385 e. The Morgan fingerprint density at radius 3 is 2.44 bits per heavy atom. The van der Waals surface area contributed by atoms with Crippen LogP contribution in [0, 0.1) is 0 Å². The van der Waals surface area contributed by atoms with Gasteiger partial charge in [-0.1, -0.05) is 40.9 Å². The maximum Gasteiger partial charge on any atom is 0.0899 e. The van der Waals surface area contributed by atoms with E-state index in [1.807, 2.05) is 0 Å². The van der Waals surface area contributed by atoms with Crippen LogP contribution in [0.25, 0.3) is 0 Å². The molecule has 2 fully saturated rings. The number of halogens is 1. The van der Waals surface area contributed by atoms with Gasteiger partial charge in [-0.25, -0.2) is 0 Å². The van der Waals surface area contributed by atoms with Crippen LogP contribution in [0.2, 0.25) is 0 Å². The second-order valence-electron chi connectivity index (χ2n) is 5.25. The van der Waals surface area contributed by atoms with Gasteiger partial charge in [0.2, 0.25) is 0 Å². The third-order valence-corrected chi connectivity index (χ3v) is 4.74. The third kappa shape index (κ3) is 1.82. The van der Waals surface area contributed by atoms with E-state index in [4.69, 9.17) is 0 Å². The molecule has 0 bridgehead atoms. The summed E-state index contributed by atoms with van der Waals surface area (Å²) < 4.78 is 1.19. The van der Waals surface area contributed by atoms with Crippen LogP contribution in [0.3, 0.4) is 0 Å². The average Bonchev–Trinajstić information content (AvgIpc) is 2.82. The van der Waals surface area contributed by atoms with Crippen molar-refractivity contribution in [2.24, 2.45) is 0 Å². The van der Waals surface area contributed by atoms with E-state index < -0.39 is 5.60 Å². The lowest BCUT2D eigenvalue weighted by Crippen LogP contribution is -2.05. The predicted octanol–water partition coefficient (Wildman–Crippen LogP) is 4.09. The van der Waals surface area contributed by atoms with Crippen molar-refractivity contribution in [3.05, 3.63) is 33.8 Å². The number of hydrogen-bond acceptors (Lipinski definition) is 1. The molecule has 0 radical (unpaired) electrons. The molecule has 2 aliphatic carbocycles. The summed E-state index contributed by atoms with van der Waals surface area (Å²) in [4.78, 5) is 0. The lowest BCUT2D eigenvalue weighted by atomic mass is 9.95. The Kier molecular flexibility index (Phi) is 2.60. The van der Waals surface area contributed by atoms with E-state index in [1.165, 1.54) is 35.7 Å². The number of aliphatic hydroxyl groups is 1. The average molecular weight is 281 g/mol. The highest BCUT2D eigenvalue weighted by molar-refractivity contribution is 9.10. The summed E-state index contributed by atoms with van der Waals surface area (Å²) in [5, 5.41) is 10.1. The Morgan fingerprint density at radius 2 is 1.88 bits per heavy atom. The van der Waals surface area contributed by atoms with E-state index in [0.717, 1.165) is 24.3 Å². The van der Waals surface area contributed by atoms with Crippen molar-refractivity contribution in [1.29, 1.82) is 0 Å². The van der Waals surface area contributed by atoms with E-state index >= 15 is 0 Å². The molecule has 2 saturated carbocycles. The lowest BCUT2D eigenvalue weighted by Gasteiger charge is -2.15. The van der Waals surface area contributed by atoms with Crippen LogP contribution >= 0.6 is 15.9 Å². The number of rotatable bonds is 2. The summed E-state index contributed by atoms with van der Waals surface area (Å²) in [6, 6.07) is 6.46. The van der Waals surface area contributed by atoms with Gasteiger partial charge in [-0.2, -0.15) is 0 Å². The molecule has 1 aromatic carbocycles. The summed E-state index contributed by atoms with van der Waals surface area (Å²) in [6.07, 6.45) is 7.21. The predicted molar refractivity (Wildman–Crippen MR) is 68.5 cm³/mol. The third-order valence-electron chi connectivity index (χ3n) is 4.06. The number of benzene rings is 1. The summed E-state index contributed by atoms with van der Waals surface area (Å²) >= 11 is 3.67. The molecule has 0 unspecified atom stereocenters. The van der Waals surface area contributed by atoms with E-state index in [9.17, 15) is 5.11 Å². The first-order valence-electron chi connectivity index (χ1n) is 6.21. The van der Waals surface area contributed by atoms with Crippen molar-refractivity contribution < 1.29 is 5.11 Å². The van der Waals surface area contributed by atoms with Gasteiger partial charge in [0.25, 0.3) is 0 Å². The van der Waals surface area contributed by atoms with Crippen LogP contribution in [0.1, 0.15) is 55.6 Å². The maximum absolute atomic E-state index is 10.1. The van der Waals surface area contributed by atoms with Gasteiger partial charge >= 0.3 is 0 Å². The molecule has 0 aliphatic heterocycles. The summed E-state index contributed by atoms with van der Waals surface area (Å²) in [5.74, 6) is 0.734. The zero-order valence-corrected chi connectivity index (χ0v) is 11.0. The molecule has 1 nitrogen and oxygen atoms in total. The highest BCUT2D eigenvalue weighted by Crippen LogP contribution is 2.47. The van der Waals surface area contributed by atoms with E-state index in [-0.39, 0.29) is 0 Å². The second-order valence-corrected chi connectivity index (χ2v) is 6.10. The zero-order chi connectivity index (χ0) is 11.2. The first-order valence-corrected chi connectivity index (χ1v) is 7.01. The van der Waals surface area contributed by atoms with Crippen molar-refractivity contribution in [1.82, 2.24) is 0 Å². The molecule has 1 aromatic rings. The standard InChI is InChI=1S/C14H17BrO/c15-13-9-11(14(16)7-8-14)5-6-12(13)10-3-1-2-4-10/h5-6,9-10,16H,1-4,7-8H2. The van der Waals surface area contributed by atoms with Gasteiger partial charge in [0, 0.05) is 4.47 Å². The SMILES string of the molecule is OC1(c2ccc(C3CCCC3)c(Br)c2)CC1. The van der Waals surface area contributed by atoms with Crippen LogP contribution in [0.5, 0.6) is 0 Å². The molecule has 3 rings (SSSR count). The van der Waals surface area contributed by atoms with Gasteiger partial charge in [0.05, 0.1) is 5.60 Å². The monoisotopic (exact) mass is 280 g/mol. The quantitative estimate of drug-likeness (QED) is 0.865. The minimum Gasteiger partial charge on any atom is -0.385 e.